The van der Waals surface area contributed by atoms with Crippen LogP contribution in [0.5, 0.6) is 5.75 Å². The highest BCUT2D eigenvalue weighted by molar-refractivity contribution is 5.71. The molecular formula is C18H14N4O2. The van der Waals surface area contributed by atoms with Gasteiger partial charge in [-0.15, -0.1) is 10.2 Å². The first-order valence-corrected chi connectivity index (χ1v) is 7.42. The summed E-state index contributed by atoms with van der Waals surface area (Å²) >= 11 is 0. The first-order valence-electron chi connectivity index (χ1n) is 7.42. The first-order chi connectivity index (χ1) is 11.8. The molecule has 0 aliphatic rings. The van der Waals surface area contributed by atoms with Crippen molar-refractivity contribution in [1.29, 1.82) is 0 Å². The summed E-state index contributed by atoms with van der Waals surface area (Å²) in [4.78, 5) is 4.59. The molecule has 6 nitrogen and oxygen atoms in total. The number of rotatable bonds is 4. The lowest BCUT2D eigenvalue weighted by molar-refractivity contribution is 0.415. The van der Waals surface area contributed by atoms with Crippen LogP contribution < -0.4 is 4.74 Å². The molecular weight excluding hydrogens is 304 g/mol. The third kappa shape index (κ3) is 2.54. The zero-order chi connectivity index (χ0) is 16.4. The molecule has 0 saturated carbocycles. The maximum atomic E-state index is 5.48. The van der Waals surface area contributed by atoms with Crippen molar-refractivity contribution in [3.8, 4) is 17.2 Å². The van der Waals surface area contributed by atoms with Gasteiger partial charge in [0.2, 0.25) is 0 Å². The van der Waals surface area contributed by atoms with Gasteiger partial charge in [-0.3, -0.25) is 4.40 Å². The molecule has 0 N–H and O–H groups in total. The minimum absolute atomic E-state index is 0.622. The highest BCUT2D eigenvalue weighted by Crippen LogP contribution is 2.32. The second kappa shape index (κ2) is 6.00. The topological polar surface area (TPSA) is 64.4 Å². The van der Waals surface area contributed by atoms with Crippen molar-refractivity contribution in [2.75, 3.05) is 7.11 Å². The molecule has 118 valence electrons. The van der Waals surface area contributed by atoms with Gasteiger partial charge in [0.25, 0.3) is 0 Å². The number of imidazole rings is 1. The minimum Gasteiger partial charge on any atom is -0.497 e. The lowest BCUT2D eigenvalue weighted by Gasteiger charge is -1.99. The average molecular weight is 318 g/mol. The number of furan rings is 1. The summed E-state index contributed by atoms with van der Waals surface area (Å²) in [5, 5.41) is 8.71. The highest BCUT2D eigenvalue weighted by atomic mass is 16.5. The molecule has 0 atom stereocenters. The Morgan fingerprint density at radius 2 is 1.88 bits per heavy atom. The molecule has 1 aromatic carbocycles. The molecule has 0 aliphatic heterocycles. The summed E-state index contributed by atoms with van der Waals surface area (Å²) in [6.07, 6.45) is 3.51. The monoisotopic (exact) mass is 318 g/mol. The van der Waals surface area contributed by atoms with Crippen LogP contribution in [0.25, 0.3) is 17.1 Å². The van der Waals surface area contributed by atoms with Crippen LogP contribution in [0.2, 0.25) is 0 Å². The van der Waals surface area contributed by atoms with Gasteiger partial charge in [0.1, 0.15) is 11.4 Å². The van der Waals surface area contributed by atoms with E-state index in [9.17, 15) is 0 Å². The number of methoxy groups -OCH3 is 1. The number of hydrogen-bond donors (Lipinski definition) is 0. The van der Waals surface area contributed by atoms with Gasteiger partial charge in [-0.1, -0.05) is 6.07 Å². The van der Waals surface area contributed by atoms with Crippen LogP contribution in [0.3, 0.4) is 0 Å². The molecule has 6 heteroatoms. The van der Waals surface area contributed by atoms with E-state index in [4.69, 9.17) is 9.15 Å². The molecule has 0 radical (unpaired) electrons. The lowest BCUT2D eigenvalue weighted by atomic mass is 10.3. The molecule has 4 rings (SSSR count). The number of benzene rings is 1. The molecule has 0 amide bonds. The smallest absolute Gasteiger partial charge is 0.190 e. The van der Waals surface area contributed by atoms with E-state index in [0.29, 0.717) is 17.3 Å². The van der Waals surface area contributed by atoms with Crippen molar-refractivity contribution in [2.24, 2.45) is 10.2 Å². The van der Waals surface area contributed by atoms with Crippen LogP contribution in [0.4, 0.5) is 11.5 Å². The van der Waals surface area contributed by atoms with E-state index >= 15 is 0 Å². The van der Waals surface area contributed by atoms with Crippen molar-refractivity contribution in [2.45, 2.75) is 0 Å². The largest absolute Gasteiger partial charge is 0.497 e. The molecule has 0 bridgehead atoms. The summed E-state index contributed by atoms with van der Waals surface area (Å²) < 4.78 is 12.5. The summed E-state index contributed by atoms with van der Waals surface area (Å²) in [6.45, 7) is 0. The fourth-order valence-corrected chi connectivity index (χ4v) is 2.41. The molecule has 0 spiro atoms. The Bertz CT molecular complexity index is 986. The van der Waals surface area contributed by atoms with Gasteiger partial charge >= 0.3 is 0 Å². The van der Waals surface area contributed by atoms with Crippen LogP contribution in [0.1, 0.15) is 0 Å². The quantitative estimate of drug-likeness (QED) is 0.496. The predicted molar refractivity (Wildman–Crippen MR) is 90.1 cm³/mol. The summed E-state index contributed by atoms with van der Waals surface area (Å²) in [5.41, 5.74) is 2.17. The third-order valence-electron chi connectivity index (χ3n) is 3.59. The highest BCUT2D eigenvalue weighted by Gasteiger charge is 2.15. The number of azo groups is 1. The molecule has 24 heavy (non-hydrogen) atoms. The lowest BCUT2D eigenvalue weighted by Crippen LogP contribution is -1.81. The van der Waals surface area contributed by atoms with Crippen LogP contribution >= 0.6 is 0 Å². The third-order valence-corrected chi connectivity index (χ3v) is 3.59. The van der Waals surface area contributed by atoms with Crippen LogP contribution in [0.15, 0.2) is 81.7 Å². The van der Waals surface area contributed by atoms with Gasteiger partial charge in [-0.05, 0) is 48.5 Å². The van der Waals surface area contributed by atoms with Crippen LogP contribution in [-0.2, 0) is 0 Å². The Hall–Kier alpha value is -3.41. The number of nitrogens with zero attached hydrogens (tertiary/aromatic N) is 4. The predicted octanol–water partition coefficient (Wildman–Crippen LogP) is 5.02. The molecule has 0 unspecified atom stereocenters. The Kier molecular flexibility index (Phi) is 3.55. The van der Waals surface area contributed by atoms with Gasteiger partial charge in [-0.2, -0.15) is 0 Å². The maximum Gasteiger partial charge on any atom is 0.190 e. The Morgan fingerprint density at radius 1 is 1.00 bits per heavy atom. The fourth-order valence-electron chi connectivity index (χ4n) is 2.41. The molecule has 3 aromatic heterocycles. The zero-order valence-electron chi connectivity index (χ0n) is 13.0. The van der Waals surface area contributed by atoms with Crippen LogP contribution in [-0.4, -0.2) is 16.5 Å². The maximum absolute atomic E-state index is 5.48. The molecule has 0 saturated heterocycles. The Balaban J connectivity index is 1.79. The first kappa shape index (κ1) is 14.2. The van der Waals surface area contributed by atoms with Crippen molar-refractivity contribution in [3.63, 3.8) is 0 Å². The zero-order valence-corrected chi connectivity index (χ0v) is 13.0. The van der Waals surface area contributed by atoms with Crippen LogP contribution in [0, 0.1) is 0 Å². The van der Waals surface area contributed by atoms with Crippen molar-refractivity contribution in [1.82, 2.24) is 9.38 Å². The fraction of sp³-hybridized carbons (Fsp3) is 0.0556. The standard InChI is InChI=1S/C18H14N4O2/c1-23-14-9-7-13(8-10-14)20-21-18-17(15-5-4-12-24-15)19-16-6-2-3-11-22(16)18/h2-12H,1H3. The second-order valence-corrected chi connectivity index (χ2v) is 5.09. The van der Waals surface area contributed by atoms with Gasteiger partial charge in [0.05, 0.1) is 19.1 Å². The van der Waals surface area contributed by atoms with E-state index in [1.54, 1.807) is 13.4 Å². The van der Waals surface area contributed by atoms with Crippen molar-refractivity contribution >= 4 is 17.2 Å². The number of fused-ring (bicyclic) bond motifs is 1. The van der Waals surface area contributed by atoms with E-state index in [2.05, 4.69) is 15.2 Å². The minimum atomic E-state index is 0.622. The Labute approximate surface area is 138 Å². The van der Waals surface area contributed by atoms with Gasteiger partial charge in [0, 0.05) is 6.20 Å². The number of pyridine rings is 1. The van der Waals surface area contributed by atoms with Crippen molar-refractivity contribution in [3.05, 3.63) is 67.1 Å². The molecule has 4 aromatic rings. The summed E-state index contributed by atoms with van der Waals surface area (Å²) in [5.74, 6) is 2.05. The molecule has 0 aliphatic carbocycles. The average Bonchev–Trinajstić information content (AvgIpc) is 3.28. The molecule has 0 fully saturated rings. The van der Waals surface area contributed by atoms with E-state index in [0.717, 1.165) is 17.1 Å². The SMILES string of the molecule is COc1ccc(N=Nc2c(-c3ccco3)nc3ccccn23)cc1. The van der Waals surface area contributed by atoms with E-state index in [-0.39, 0.29) is 0 Å². The summed E-state index contributed by atoms with van der Waals surface area (Å²) in [6, 6.07) is 16.8. The van der Waals surface area contributed by atoms with E-state index in [1.165, 1.54) is 0 Å². The molecule has 3 heterocycles. The van der Waals surface area contributed by atoms with Crippen molar-refractivity contribution < 1.29 is 9.15 Å². The Morgan fingerprint density at radius 3 is 2.62 bits per heavy atom. The van der Waals surface area contributed by atoms with Gasteiger partial charge in [0.15, 0.2) is 17.3 Å². The number of hydrogen-bond acceptors (Lipinski definition) is 5. The number of aromatic nitrogens is 2. The normalized spacial score (nSPS) is 11.4. The van der Waals surface area contributed by atoms with Gasteiger partial charge in [-0.25, -0.2) is 4.98 Å². The van der Waals surface area contributed by atoms with Gasteiger partial charge < -0.3 is 9.15 Å². The van der Waals surface area contributed by atoms with E-state index in [1.807, 2.05) is 65.2 Å². The second-order valence-electron chi connectivity index (χ2n) is 5.09. The number of ether oxygens (including phenoxy) is 1. The summed E-state index contributed by atoms with van der Waals surface area (Å²) in [7, 11) is 1.63. The van der Waals surface area contributed by atoms with E-state index < -0.39 is 0 Å².